The Kier molecular flexibility index (Phi) is 8.22. The van der Waals surface area contributed by atoms with Crippen LogP contribution >= 0.6 is 24.0 Å². The Morgan fingerprint density at radius 1 is 1.22 bits per heavy atom. The van der Waals surface area contributed by atoms with E-state index in [1.165, 1.54) is 22.2 Å². The van der Waals surface area contributed by atoms with Crippen molar-refractivity contribution in [3.8, 4) is 0 Å². The summed E-state index contributed by atoms with van der Waals surface area (Å²) in [4.78, 5) is 10.3. The third kappa shape index (κ3) is 5.51. The molecule has 2 N–H and O–H groups in total. The van der Waals surface area contributed by atoms with Crippen LogP contribution in [0.2, 0.25) is 0 Å². The smallest absolute Gasteiger partial charge is 0.194 e. The summed E-state index contributed by atoms with van der Waals surface area (Å²) in [6.45, 7) is 4.65. The Balaban J connectivity index is 0.00000261. The standard InChI is InChI=1S/C21H29N5.HI/c1-4-22-21(26(3)16-18-10-8-14-25(18)2)23-13-7-9-17-15-24-20-12-6-5-11-19(17)20;/h5-6,8,10-12,14-15,24H,4,7,9,13,16H2,1-3H3,(H,22,23);1H. The zero-order valence-electron chi connectivity index (χ0n) is 16.4. The van der Waals surface area contributed by atoms with E-state index in [9.17, 15) is 0 Å². The molecule has 3 rings (SSSR count). The maximum absolute atomic E-state index is 4.82. The highest BCUT2D eigenvalue weighted by Gasteiger charge is 2.08. The molecule has 0 fully saturated rings. The van der Waals surface area contributed by atoms with Gasteiger partial charge in [0.15, 0.2) is 5.96 Å². The average Bonchev–Trinajstić information content (AvgIpc) is 3.24. The number of nitrogens with one attached hydrogen (secondary N) is 2. The first kappa shape index (κ1) is 21.3. The van der Waals surface area contributed by atoms with Crippen LogP contribution < -0.4 is 5.32 Å². The molecule has 0 spiro atoms. The maximum atomic E-state index is 4.82. The number of aromatic amines is 1. The van der Waals surface area contributed by atoms with E-state index in [-0.39, 0.29) is 24.0 Å². The van der Waals surface area contributed by atoms with E-state index >= 15 is 0 Å². The molecule has 0 aliphatic carbocycles. The number of fused-ring (bicyclic) bond motifs is 1. The second-order valence-electron chi connectivity index (χ2n) is 6.67. The van der Waals surface area contributed by atoms with Crippen LogP contribution in [0.4, 0.5) is 0 Å². The van der Waals surface area contributed by atoms with E-state index in [0.29, 0.717) is 0 Å². The minimum Gasteiger partial charge on any atom is -0.361 e. The molecule has 0 aliphatic rings. The van der Waals surface area contributed by atoms with Crippen molar-refractivity contribution >= 4 is 40.8 Å². The first-order valence-electron chi connectivity index (χ1n) is 9.33. The van der Waals surface area contributed by atoms with Gasteiger partial charge < -0.3 is 19.8 Å². The van der Waals surface area contributed by atoms with Crippen molar-refractivity contribution in [2.75, 3.05) is 20.1 Å². The summed E-state index contributed by atoms with van der Waals surface area (Å²) in [6, 6.07) is 12.7. The van der Waals surface area contributed by atoms with Crippen LogP contribution in [0.1, 0.15) is 24.6 Å². The van der Waals surface area contributed by atoms with Gasteiger partial charge in [0.25, 0.3) is 0 Å². The molecular weight excluding hydrogens is 449 g/mol. The Morgan fingerprint density at radius 2 is 2.04 bits per heavy atom. The molecule has 0 radical (unpaired) electrons. The summed E-state index contributed by atoms with van der Waals surface area (Å²) in [5.41, 5.74) is 3.86. The van der Waals surface area contributed by atoms with Crippen molar-refractivity contribution in [2.24, 2.45) is 12.0 Å². The zero-order chi connectivity index (χ0) is 18.4. The number of para-hydroxylation sites is 1. The van der Waals surface area contributed by atoms with Crippen molar-refractivity contribution < 1.29 is 0 Å². The highest BCUT2D eigenvalue weighted by molar-refractivity contribution is 14.0. The van der Waals surface area contributed by atoms with Gasteiger partial charge in [0.2, 0.25) is 0 Å². The van der Waals surface area contributed by atoms with Crippen molar-refractivity contribution in [2.45, 2.75) is 26.3 Å². The summed E-state index contributed by atoms with van der Waals surface area (Å²) in [6.07, 6.45) is 6.28. The predicted octanol–water partition coefficient (Wildman–Crippen LogP) is 4.15. The minimum atomic E-state index is 0. The molecule has 0 atom stereocenters. The number of H-pyrrole nitrogens is 1. The van der Waals surface area contributed by atoms with Crippen LogP contribution in [0.25, 0.3) is 10.9 Å². The first-order chi connectivity index (χ1) is 12.7. The monoisotopic (exact) mass is 479 g/mol. The van der Waals surface area contributed by atoms with Gasteiger partial charge in [-0.15, -0.1) is 24.0 Å². The number of aromatic nitrogens is 2. The van der Waals surface area contributed by atoms with Gasteiger partial charge in [0.05, 0.1) is 6.54 Å². The molecule has 2 aromatic heterocycles. The Labute approximate surface area is 178 Å². The van der Waals surface area contributed by atoms with Crippen molar-refractivity contribution in [3.05, 3.63) is 60.0 Å². The van der Waals surface area contributed by atoms with Gasteiger partial charge in [-0.05, 0) is 43.5 Å². The van der Waals surface area contributed by atoms with Crippen molar-refractivity contribution in [1.29, 1.82) is 0 Å². The Hall–Kier alpha value is -1.96. The van der Waals surface area contributed by atoms with Gasteiger partial charge in [-0.3, -0.25) is 4.99 Å². The van der Waals surface area contributed by atoms with E-state index in [0.717, 1.165) is 38.4 Å². The zero-order valence-corrected chi connectivity index (χ0v) is 18.7. The number of nitrogens with zero attached hydrogens (tertiary/aromatic N) is 3. The van der Waals surface area contributed by atoms with Crippen molar-refractivity contribution in [1.82, 2.24) is 19.8 Å². The SMILES string of the molecule is CCNC(=NCCCc1c[nH]c2ccccc12)N(C)Cc1cccn1C.I. The largest absolute Gasteiger partial charge is 0.361 e. The molecule has 6 heteroatoms. The number of rotatable bonds is 7. The molecule has 146 valence electrons. The molecule has 0 saturated heterocycles. The highest BCUT2D eigenvalue weighted by Crippen LogP contribution is 2.18. The predicted molar refractivity (Wildman–Crippen MR) is 125 cm³/mol. The fourth-order valence-electron chi connectivity index (χ4n) is 3.24. The molecule has 0 unspecified atom stereocenters. The van der Waals surface area contributed by atoms with Crippen LogP contribution in [0.3, 0.4) is 0 Å². The van der Waals surface area contributed by atoms with E-state index in [1.807, 2.05) is 0 Å². The number of aryl methyl sites for hydroxylation is 2. The van der Waals surface area contributed by atoms with Crippen LogP contribution in [0.5, 0.6) is 0 Å². The molecule has 1 aromatic carbocycles. The molecule has 0 saturated carbocycles. The van der Waals surface area contributed by atoms with Crippen LogP contribution in [0.15, 0.2) is 53.8 Å². The van der Waals surface area contributed by atoms with Gasteiger partial charge in [0, 0.05) is 56.2 Å². The van der Waals surface area contributed by atoms with Gasteiger partial charge in [-0.1, -0.05) is 18.2 Å². The topological polar surface area (TPSA) is 48.4 Å². The highest BCUT2D eigenvalue weighted by atomic mass is 127. The number of benzene rings is 1. The van der Waals surface area contributed by atoms with Gasteiger partial charge in [0.1, 0.15) is 0 Å². The fourth-order valence-corrected chi connectivity index (χ4v) is 3.24. The van der Waals surface area contributed by atoms with Gasteiger partial charge in [-0.25, -0.2) is 0 Å². The summed E-state index contributed by atoms with van der Waals surface area (Å²) in [5, 5.41) is 4.72. The molecule has 27 heavy (non-hydrogen) atoms. The molecule has 3 aromatic rings. The fraction of sp³-hybridized carbons (Fsp3) is 0.381. The molecule has 0 amide bonds. The van der Waals surface area contributed by atoms with Gasteiger partial charge >= 0.3 is 0 Å². The molecule has 5 nitrogen and oxygen atoms in total. The second-order valence-corrected chi connectivity index (χ2v) is 6.67. The van der Waals surface area contributed by atoms with E-state index in [2.05, 4.69) is 89.6 Å². The lowest BCUT2D eigenvalue weighted by atomic mass is 10.1. The molecule has 0 bridgehead atoms. The third-order valence-corrected chi connectivity index (χ3v) is 4.69. The first-order valence-corrected chi connectivity index (χ1v) is 9.33. The normalized spacial score (nSPS) is 11.4. The van der Waals surface area contributed by atoms with Gasteiger partial charge in [-0.2, -0.15) is 0 Å². The van der Waals surface area contributed by atoms with E-state index in [4.69, 9.17) is 4.99 Å². The van der Waals surface area contributed by atoms with E-state index in [1.54, 1.807) is 0 Å². The third-order valence-electron chi connectivity index (χ3n) is 4.69. The van der Waals surface area contributed by atoms with Crippen molar-refractivity contribution in [3.63, 3.8) is 0 Å². The summed E-state index contributed by atoms with van der Waals surface area (Å²) < 4.78 is 2.15. The van der Waals surface area contributed by atoms with Crippen LogP contribution in [0, 0.1) is 0 Å². The number of hydrogen-bond acceptors (Lipinski definition) is 1. The minimum absolute atomic E-state index is 0. The lowest BCUT2D eigenvalue weighted by Crippen LogP contribution is -2.38. The summed E-state index contributed by atoms with van der Waals surface area (Å²) >= 11 is 0. The lowest BCUT2D eigenvalue weighted by molar-refractivity contribution is 0.461. The molecule has 2 heterocycles. The van der Waals surface area contributed by atoms with Crippen LogP contribution in [-0.4, -0.2) is 40.5 Å². The average molecular weight is 479 g/mol. The Morgan fingerprint density at radius 3 is 2.78 bits per heavy atom. The molecular formula is C21H30IN5. The quantitative estimate of drug-likeness (QED) is 0.232. The summed E-state index contributed by atoms with van der Waals surface area (Å²) in [7, 11) is 4.17. The number of halogens is 1. The number of guanidine groups is 1. The van der Waals surface area contributed by atoms with E-state index < -0.39 is 0 Å². The lowest BCUT2D eigenvalue weighted by Gasteiger charge is -2.22. The number of hydrogen-bond donors (Lipinski definition) is 2. The second kappa shape index (κ2) is 10.4. The molecule has 0 aliphatic heterocycles. The van der Waals surface area contributed by atoms with Crippen LogP contribution in [-0.2, 0) is 20.0 Å². The number of aliphatic imine (C=N–C) groups is 1. The Bertz CT molecular complexity index is 864. The summed E-state index contributed by atoms with van der Waals surface area (Å²) in [5.74, 6) is 0.965. The maximum Gasteiger partial charge on any atom is 0.194 e.